The standard InChI is InChI=1S/C22H29N3O4S/c1-15(2)12-21(26)23-18-7-9-19(10-8-18)24-22(27)14-25(5)30(28,29)20-11-6-16(3)17(4)13-20/h6-11,13,15H,12,14H2,1-5H3,(H,23,26)(H,24,27). The van der Waals surface area contributed by atoms with E-state index in [0.717, 1.165) is 15.4 Å². The molecule has 0 spiro atoms. The van der Waals surface area contributed by atoms with Gasteiger partial charge < -0.3 is 10.6 Å². The third-order valence-corrected chi connectivity index (χ3v) is 6.40. The van der Waals surface area contributed by atoms with E-state index in [-0.39, 0.29) is 23.3 Å². The van der Waals surface area contributed by atoms with Crippen LogP contribution in [0, 0.1) is 19.8 Å². The number of benzene rings is 2. The highest BCUT2D eigenvalue weighted by atomic mass is 32.2. The van der Waals surface area contributed by atoms with E-state index in [2.05, 4.69) is 10.6 Å². The van der Waals surface area contributed by atoms with E-state index < -0.39 is 15.9 Å². The van der Waals surface area contributed by atoms with Crippen LogP contribution in [0.15, 0.2) is 47.4 Å². The van der Waals surface area contributed by atoms with Crippen LogP contribution in [0.4, 0.5) is 11.4 Å². The van der Waals surface area contributed by atoms with Crippen molar-refractivity contribution in [1.29, 1.82) is 0 Å². The van der Waals surface area contributed by atoms with Crippen molar-refractivity contribution in [2.24, 2.45) is 5.92 Å². The first-order valence-corrected chi connectivity index (χ1v) is 11.2. The number of nitrogens with zero attached hydrogens (tertiary/aromatic N) is 1. The second-order valence-corrected chi connectivity index (χ2v) is 9.82. The summed E-state index contributed by atoms with van der Waals surface area (Å²) in [4.78, 5) is 24.3. The van der Waals surface area contributed by atoms with Crippen LogP contribution in [0.5, 0.6) is 0 Å². The predicted octanol–water partition coefficient (Wildman–Crippen LogP) is 3.55. The fourth-order valence-electron chi connectivity index (χ4n) is 2.76. The molecular weight excluding hydrogens is 402 g/mol. The van der Waals surface area contributed by atoms with Crippen molar-refractivity contribution in [1.82, 2.24) is 4.31 Å². The largest absolute Gasteiger partial charge is 0.326 e. The molecule has 2 N–H and O–H groups in total. The first-order valence-electron chi connectivity index (χ1n) is 9.72. The van der Waals surface area contributed by atoms with Crippen molar-refractivity contribution in [3.63, 3.8) is 0 Å². The average molecular weight is 432 g/mol. The maximum atomic E-state index is 12.7. The monoisotopic (exact) mass is 431 g/mol. The number of carbonyl (C=O) groups excluding carboxylic acids is 2. The summed E-state index contributed by atoms with van der Waals surface area (Å²) in [7, 11) is -2.40. The summed E-state index contributed by atoms with van der Waals surface area (Å²) in [6.07, 6.45) is 0.430. The maximum absolute atomic E-state index is 12.7. The molecule has 0 aliphatic carbocycles. The van der Waals surface area contributed by atoms with Gasteiger partial charge in [0.15, 0.2) is 0 Å². The fourth-order valence-corrected chi connectivity index (χ4v) is 3.97. The van der Waals surface area contributed by atoms with Crippen molar-refractivity contribution in [3.05, 3.63) is 53.6 Å². The van der Waals surface area contributed by atoms with Crippen molar-refractivity contribution in [2.75, 3.05) is 24.2 Å². The summed E-state index contributed by atoms with van der Waals surface area (Å²) in [5, 5.41) is 5.47. The molecule has 0 saturated heterocycles. The third-order valence-electron chi connectivity index (χ3n) is 4.60. The zero-order valence-electron chi connectivity index (χ0n) is 18.0. The summed E-state index contributed by atoms with van der Waals surface area (Å²) in [5.74, 6) is -0.262. The quantitative estimate of drug-likeness (QED) is 0.668. The van der Waals surface area contributed by atoms with Gasteiger partial charge >= 0.3 is 0 Å². The molecule has 0 aliphatic heterocycles. The Kier molecular flexibility index (Phi) is 7.75. The van der Waals surface area contributed by atoms with Gasteiger partial charge in [-0.3, -0.25) is 9.59 Å². The van der Waals surface area contributed by atoms with Crippen LogP contribution < -0.4 is 10.6 Å². The molecule has 2 aromatic rings. The van der Waals surface area contributed by atoms with Gasteiger partial charge in [0.25, 0.3) is 0 Å². The molecule has 0 bridgehead atoms. The lowest BCUT2D eigenvalue weighted by atomic mass is 10.1. The van der Waals surface area contributed by atoms with E-state index in [9.17, 15) is 18.0 Å². The summed E-state index contributed by atoms with van der Waals surface area (Å²) >= 11 is 0. The minimum absolute atomic E-state index is 0.0695. The minimum atomic E-state index is -3.77. The number of carbonyl (C=O) groups is 2. The predicted molar refractivity (Wildman–Crippen MR) is 119 cm³/mol. The van der Waals surface area contributed by atoms with Gasteiger partial charge in [-0.2, -0.15) is 4.31 Å². The van der Waals surface area contributed by atoms with Crippen LogP contribution >= 0.6 is 0 Å². The number of amides is 2. The Morgan fingerprint density at radius 2 is 1.43 bits per heavy atom. The second kappa shape index (κ2) is 9.86. The normalized spacial score (nSPS) is 11.6. The molecule has 2 amide bonds. The van der Waals surface area contributed by atoms with E-state index in [1.807, 2.05) is 27.7 Å². The second-order valence-electron chi connectivity index (χ2n) is 7.78. The number of likely N-dealkylation sites (N-methyl/N-ethyl adjacent to an activating group) is 1. The molecule has 0 unspecified atom stereocenters. The van der Waals surface area contributed by atoms with Gasteiger partial charge in [0.2, 0.25) is 21.8 Å². The van der Waals surface area contributed by atoms with Gasteiger partial charge in [-0.05, 0) is 67.3 Å². The Morgan fingerprint density at radius 3 is 1.93 bits per heavy atom. The average Bonchev–Trinajstić information content (AvgIpc) is 2.64. The molecule has 0 aliphatic rings. The maximum Gasteiger partial charge on any atom is 0.243 e. The van der Waals surface area contributed by atoms with E-state index in [1.165, 1.54) is 7.05 Å². The SMILES string of the molecule is Cc1ccc(S(=O)(=O)N(C)CC(=O)Nc2ccc(NC(=O)CC(C)C)cc2)cc1C. The van der Waals surface area contributed by atoms with E-state index in [4.69, 9.17) is 0 Å². The number of hydrogen-bond acceptors (Lipinski definition) is 4. The van der Waals surface area contributed by atoms with Crippen molar-refractivity contribution >= 4 is 33.2 Å². The Morgan fingerprint density at radius 1 is 0.900 bits per heavy atom. The van der Waals surface area contributed by atoms with Crippen molar-refractivity contribution < 1.29 is 18.0 Å². The fraction of sp³-hybridized carbons (Fsp3) is 0.364. The number of rotatable bonds is 8. The van der Waals surface area contributed by atoms with Gasteiger partial charge in [0, 0.05) is 24.8 Å². The first kappa shape index (κ1) is 23.6. The summed E-state index contributed by atoms with van der Waals surface area (Å²) in [6, 6.07) is 11.6. The molecule has 0 aromatic heterocycles. The molecule has 2 aromatic carbocycles. The van der Waals surface area contributed by atoms with Crippen LogP contribution in [-0.2, 0) is 19.6 Å². The molecule has 30 heavy (non-hydrogen) atoms. The molecule has 0 radical (unpaired) electrons. The van der Waals surface area contributed by atoms with Gasteiger partial charge in [-0.1, -0.05) is 19.9 Å². The van der Waals surface area contributed by atoms with Crippen LogP contribution in [0.2, 0.25) is 0 Å². The van der Waals surface area contributed by atoms with Crippen LogP contribution in [0.1, 0.15) is 31.4 Å². The van der Waals surface area contributed by atoms with E-state index in [1.54, 1.807) is 42.5 Å². The smallest absolute Gasteiger partial charge is 0.243 e. The van der Waals surface area contributed by atoms with Crippen molar-refractivity contribution in [2.45, 2.75) is 39.0 Å². The van der Waals surface area contributed by atoms with Crippen LogP contribution in [-0.4, -0.2) is 38.1 Å². The molecule has 162 valence electrons. The van der Waals surface area contributed by atoms with Gasteiger partial charge in [-0.25, -0.2) is 8.42 Å². The molecule has 0 fully saturated rings. The molecule has 0 saturated carbocycles. The lowest BCUT2D eigenvalue weighted by Gasteiger charge is -2.17. The Labute approximate surface area is 178 Å². The first-order chi connectivity index (χ1) is 14.0. The Bertz CT molecular complexity index is 1020. The number of sulfonamides is 1. The lowest BCUT2D eigenvalue weighted by Crippen LogP contribution is -2.35. The minimum Gasteiger partial charge on any atom is -0.326 e. The molecule has 7 nitrogen and oxygen atoms in total. The molecule has 0 atom stereocenters. The number of anilines is 2. The number of aryl methyl sites for hydroxylation is 2. The zero-order chi connectivity index (χ0) is 22.5. The summed E-state index contributed by atoms with van der Waals surface area (Å²) in [6.45, 7) is 7.37. The van der Waals surface area contributed by atoms with E-state index >= 15 is 0 Å². The summed E-state index contributed by atoms with van der Waals surface area (Å²) < 4.78 is 26.4. The van der Waals surface area contributed by atoms with Gasteiger partial charge in [0.1, 0.15) is 0 Å². The van der Waals surface area contributed by atoms with E-state index in [0.29, 0.717) is 17.8 Å². The van der Waals surface area contributed by atoms with Crippen LogP contribution in [0.25, 0.3) is 0 Å². The summed E-state index contributed by atoms with van der Waals surface area (Å²) in [5.41, 5.74) is 3.01. The third kappa shape index (κ3) is 6.40. The molecule has 2 rings (SSSR count). The molecule has 8 heteroatoms. The van der Waals surface area contributed by atoms with Gasteiger partial charge in [-0.15, -0.1) is 0 Å². The zero-order valence-corrected chi connectivity index (χ0v) is 18.8. The number of nitrogens with one attached hydrogen (secondary N) is 2. The van der Waals surface area contributed by atoms with Gasteiger partial charge in [0.05, 0.1) is 11.4 Å². The highest BCUT2D eigenvalue weighted by molar-refractivity contribution is 7.89. The topological polar surface area (TPSA) is 95.6 Å². The van der Waals surface area contributed by atoms with Crippen LogP contribution in [0.3, 0.4) is 0 Å². The lowest BCUT2D eigenvalue weighted by molar-refractivity contribution is -0.117. The highest BCUT2D eigenvalue weighted by Gasteiger charge is 2.23. The van der Waals surface area contributed by atoms with Crippen molar-refractivity contribution in [3.8, 4) is 0 Å². The Balaban J connectivity index is 1.97. The molecule has 0 heterocycles. The molecular formula is C22H29N3O4S. The number of hydrogen-bond donors (Lipinski definition) is 2. The Hall–Kier alpha value is -2.71. The highest BCUT2D eigenvalue weighted by Crippen LogP contribution is 2.19.